The number of carbonyl (C=O) groups excluding carboxylic acids is 1. The van der Waals surface area contributed by atoms with E-state index in [4.69, 9.17) is 0 Å². The molecule has 0 bridgehead atoms. The van der Waals surface area contributed by atoms with Crippen LogP contribution in [0.5, 0.6) is 0 Å². The standard InChI is InChI=1S/C22H23BrN4O/c1-14(2)20-19(23)21(26-25-20)22(28)24-17-9-5-3-8-16(17)13-27-12-11-15-7-4-6-10-18(15)27/h3-10,14H,11-13H2,1-2H3,(H,24,28)(H,25,26). The maximum atomic E-state index is 12.8. The van der Waals surface area contributed by atoms with E-state index in [1.807, 2.05) is 18.2 Å². The van der Waals surface area contributed by atoms with Gasteiger partial charge in [-0.2, -0.15) is 5.10 Å². The van der Waals surface area contributed by atoms with E-state index in [1.54, 1.807) is 0 Å². The molecule has 144 valence electrons. The monoisotopic (exact) mass is 438 g/mol. The van der Waals surface area contributed by atoms with Crippen LogP contribution in [0.3, 0.4) is 0 Å². The van der Waals surface area contributed by atoms with Gasteiger partial charge in [0.05, 0.1) is 10.2 Å². The first-order valence-corrected chi connectivity index (χ1v) is 10.3. The van der Waals surface area contributed by atoms with Crippen molar-refractivity contribution in [3.63, 3.8) is 0 Å². The van der Waals surface area contributed by atoms with Crippen molar-refractivity contribution in [1.82, 2.24) is 10.2 Å². The SMILES string of the molecule is CC(C)c1[nH]nc(C(=O)Nc2ccccc2CN2CCc3ccccc32)c1Br. The number of aromatic amines is 1. The summed E-state index contributed by atoms with van der Waals surface area (Å²) >= 11 is 3.51. The molecule has 2 N–H and O–H groups in total. The average Bonchev–Trinajstić information content (AvgIpc) is 3.27. The number of nitrogens with zero attached hydrogens (tertiary/aromatic N) is 2. The van der Waals surface area contributed by atoms with E-state index in [9.17, 15) is 4.79 Å². The van der Waals surface area contributed by atoms with Gasteiger partial charge in [-0.15, -0.1) is 0 Å². The van der Waals surface area contributed by atoms with Crippen molar-refractivity contribution in [2.45, 2.75) is 32.7 Å². The highest BCUT2D eigenvalue weighted by molar-refractivity contribution is 9.10. The quantitative estimate of drug-likeness (QED) is 0.581. The van der Waals surface area contributed by atoms with Crippen LogP contribution in [0.25, 0.3) is 0 Å². The van der Waals surface area contributed by atoms with Gasteiger partial charge in [0.2, 0.25) is 0 Å². The van der Waals surface area contributed by atoms with Gasteiger partial charge in [0.25, 0.3) is 5.91 Å². The second-order valence-corrected chi connectivity index (χ2v) is 8.16. The van der Waals surface area contributed by atoms with Gasteiger partial charge in [0.15, 0.2) is 5.69 Å². The van der Waals surface area contributed by atoms with E-state index in [-0.39, 0.29) is 11.8 Å². The number of rotatable bonds is 5. The van der Waals surface area contributed by atoms with Gasteiger partial charge in [0, 0.05) is 24.5 Å². The van der Waals surface area contributed by atoms with Gasteiger partial charge in [-0.05, 0) is 51.5 Å². The molecule has 1 aliphatic heterocycles. The lowest BCUT2D eigenvalue weighted by Crippen LogP contribution is -2.21. The lowest BCUT2D eigenvalue weighted by Gasteiger charge is -2.21. The normalized spacial score (nSPS) is 13.1. The Morgan fingerprint density at radius 2 is 1.96 bits per heavy atom. The van der Waals surface area contributed by atoms with Crippen molar-refractivity contribution in [3.8, 4) is 0 Å². The maximum absolute atomic E-state index is 12.8. The van der Waals surface area contributed by atoms with Crippen LogP contribution in [0.15, 0.2) is 53.0 Å². The summed E-state index contributed by atoms with van der Waals surface area (Å²) in [5.41, 5.74) is 5.87. The fraction of sp³-hybridized carbons (Fsp3) is 0.273. The van der Waals surface area contributed by atoms with Gasteiger partial charge >= 0.3 is 0 Å². The van der Waals surface area contributed by atoms with Crippen LogP contribution >= 0.6 is 15.9 Å². The maximum Gasteiger partial charge on any atom is 0.277 e. The summed E-state index contributed by atoms with van der Waals surface area (Å²) in [6.45, 7) is 5.86. The molecule has 0 atom stereocenters. The summed E-state index contributed by atoms with van der Waals surface area (Å²) in [4.78, 5) is 15.2. The number of benzene rings is 2. The number of hydrogen-bond acceptors (Lipinski definition) is 3. The summed E-state index contributed by atoms with van der Waals surface area (Å²) in [5, 5.41) is 10.2. The molecular weight excluding hydrogens is 416 g/mol. The summed E-state index contributed by atoms with van der Waals surface area (Å²) in [5.74, 6) is 0.0373. The second-order valence-electron chi connectivity index (χ2n) is 7.37. The number of fused-ring (bicyclic) bond motifs is 1. The Kier molecular flexibility index (Phi) is 5.22. The first-order valence-electron chi connectivity index (χ1n) is 9.50. The minimum atomic E-state index is -0.218. The molecule has 6 heteroatoms. The highest BCUT2D eigenvalue weighted by Gasteiger charge is 2.22. The number of H-pyrrole nitrogens is 1. The summed E-state index contributed by atoms with van der Waals surface area (Å²) in [6, 6.07) is 16.5. The van der Waals surface area contributed by atoms with Crippen molar-refractivity contribution in [2.75, 3.05) is 16.8 Å². The molecule has 0 saturated carbocycles. The van der Waals surface area contributed by atoms with E-state index in [2.05, 4.69) is 80.5 Å². The Morgan fingerprint density at radius 1 is 1.21 bits per heavy atom. The number of para-hydroxylation sites is 2. The van der Waals surface area contributed by atoms with Crippen molar-refractivity contribution >= 4 is 33.2 Å². The molecule has 1 amide bonds. The average molecular weight is 439 g/mol. The number of halogens is 1. The number of amides is 1. The molecule has 0 aliphatic carbocycles. The third-order valence-electron chi connectivity index (χ3n) is 5.14. The minimum absolute atomic E-state index is 0.218. The summed E-state index contributed by atoms with van der Waals surface area (Å²) in [7, 11) is 0. The largest absolute Gasteiger partial charge is 0.367 e. The zero-order valence-electron chi connectivity index (χ0n) is 16.0. The predicted molar refractivity (Wildman–Crippen MR) is 116 cm³/mol. The van der Waals surface area contributed by atoms with E-state index < -0.39 is 0 Å². The van der Waals surface area contributed by atoms with Crippen molar-refractivity contribution in [1.29, 1.82) is 0 Å². The van der Waals surface area contributed by atoms with Crippen LogP contribution < -0.4 is 10.2 Å². The first-order chi connectivity index (χ1) is 13.5. The third kappa shape index (κ3) is 3.56. The van der Waals surface area contributed by atoms with Crippen LogP contribution in [0.2, 0.25) is 0 Å². The highest BCUT2D eigenvalue weighted by atomic mass is 79.9. The Hall–Kier alpha value is -2.60. The number of nitrogens with one attached hydrogen (secondary N) is 2. The molecule has 0 unspecified atom stereocenters. The Balaban J connectivity index is 1.55. The van der Waals surface area contributed by atoms with E-state index in [0.717, 1.165) is 40.9 Å². The fourth-order valence-corrected chi connectivity index (χ4v) is 4.43. The molecule has 5 nitrogen and oxygen atoms in total. The molecule has 3 aromatic rings. The van der Waals surface area contributed by atoms with Gasteiger partial charge in [-0.25, -0.2) is 0 Å². The summed E-state index contributed by atoms with van der Waals surface area (Å²) < 4.78 is 0.728. The lowest BCUT2D eigenvalue weighted by molar-refractivity contribution is 0.102. The van der Waals surface area contributed by atoms with Crippen molar-refractivity contribution in [2.24, 2.45) is 0 Å². The van der Waals surface area contributed by atoms with Crippen molar-refractivity contribution in [3.05, 3.63) is 75.5 Å². The molecule has 4 rings (SSSR count). The van der Waals surface area contributed by atoms with Gasteiger partial charge in [0.1, 0.15) is 0 Å². The van der Waals surface area contributed by atoms with E-state index >= 15 is 0 Å². The summed E-state index contributed by atoms with van der Waals surface area (Å²) in [6.07, 6.45) is 1.06. The Morgan fingerprint density at radius 3 is 2.75 bits per heavy atom. The molecule has 0 radical (unpaired) electrons. The van der Waals surface area contributed by atoms with Gasteiger partial charge < -0.3 is 10.2 Å². The molecule has 0 spiro atoms. The number of hydrogen-bond donors (Lipinski definition) is 2. The van der Waals surface area contributed by atoms with E-state index in [1.165, 1.54) is 11.3 Å². The lowest BCUT2D eigenvalue weighted by atomic mass is 10.1. The highest BCUT2D eigenvalue weighted by Crippen LogP contribution is 2.31. The van der Waals surface area contributed by atoms with E-state index in [0.29, 0.717) is 5.69 Å². The topological polar surface area (TPSA) is 61.0 Å². The molecule has 2 heterocycles. The van der Waals surface area contributed by atoms with Crippen LogP contribution in [-0.4, -0.2) is 22.6 Å². The number of aromatic nitrogens is 2. The molecule has 0 saturated heterocycles. The van der Waals surface area contributed by atoms with Gasteiger partial charge in [-0.3, -0.25) is 9.89 Å². The predicted octanol–water partition coefficient (Wildman–Crippen LogP) is 5.11. The zero-order chi connectivity index (χ0) is 19.7. The Bertz CT molecular complexity index is 1010. The second kappa shape index (κ2) is 7.80. The minimum Gasteiger partial charge on any atom is -0.367 e. The third-order valence-corrected chi connectivity index (χ3v) is 5.94. The zero-order valence-corrected chi connectivity index (χ0v) is 17.6. The smallest absolute Gasteiger partial charge is 0.277 e. The molecule has 28 heavy (non-hydrogen) atoms. The molecule has 1 aliphatic rings. The first kappa shape index (κ1) is 18.7. The van der Waals surface area contributed by atoms with Gasteiger partial charge in [-0.1, -0.05) is 50.2 Å². The molecule has 1 aromatic heterocycles. The van der Waals surface area contributed by atoms with Crippen LogP contribution in [-0.2, 0) is 13.0 Å². The number of carbonyl (C=O) groups is 1. The Labute approximate surface area is 173 Å². The van der Waals surface area contributed by atoms with Crippen LogP contribution in [0.4, 0.5) is 11.4 Å². The molecule has 0 fully saturated rings. The molecular formula is C22H23BrN4O. The van der Waals surface area contributed by atoms with Crippen molar-refractivity contribution < 1.29 is 4.79 Å². The number of anilines is 2. The van der Waals surface area contributed by atoms with Crippen LogP contribution in [0, 0.1) is 0 Å². The fourth-order valence-electron chi connectivity index (χ4n) is 3.61. The molecule has 2 aromatic carbocycles. The van der Waals surface area contributed by atoms with Crippen LogP contribution in [0.1, 0.15) is 47.1 Å².